The van der Waals surface area contributed by atoms with E-state index in [1.807, 2.05) is 84.6 Å². The maximum Gasteiger partial charge on any atom is 0.315 e. The first-order chi connectivity index (χ1) is 26.7. The lowest BCUT2D eigenvalue weighted by molar-refractivity contribution is -0.136. The van der Waals surface area contributed by atoms with Crippen LogP contribution in [0.4, 0.5) is 21.9 Å². The Morgan fingerprint density at radius 1 is 0.782 bits per heavy atom. The summed E-state index contributed by atoms with van der Waals surface area (Å²) in [7, 11) is 0. The van der Waals surface area contributed by atoms with Crippen molar-refractivity contribution in [1.29, 1.82) is 0 Å². The molecule has 4 heterocycles. The number of rotatable bonds is 13. The lowest BCUT2D eigenvalue weighted by Crippen LogP contribution is -2.43. The van der Waals surface area contributed by atoms with E-state index in [1.54, 1.807) is 21.9 Å². The summed E-state index contributed by atoms with van der Waals surface area (Å²) >= 11 is 1.88. The molecule has 0 radical (unpaired) electrons. The summed E-state index contributed by atoms with van der Waals surface area (Å²) in [6.45, 7) is 1.15. The molecule has 4 aliphatic rings. The second-order valence-corrected chi connectivity index (χ2v) is 16.1. The topological polar surface area (TPSA) is 166 Å². The van der Waals surface area contributed by atoms with Gasteiger partial charge in [-0.1, -0.05) is 55.0 Å². The van der Waals surface area contributed by atoms with E-state index < -0.39 is 12.1 Å². The number of unbranched alkanes of at least 4 members (excludes halogenated alkanes) is 1. The van der Waals surface area contributed by atoms with Crippen LogP contribution in [0.1, 0.15) is 68.1 Å². The number of urea groups is 1. The molecule has 3 aromatic carbocycles. The van der Waals surface area contributed by atoms with Crippen LogP contribution in [0.5, 0.6) is 0 Å². The van der Waals surface area contributed by atoms with Crippen LogP contribution in [0.2, 0.25) is 0 Å². The number of nitrogens with two attached hydrogens (primary N) is 1. The van der Waals surface area contributed by atoms with E-state index in [4.69, 9.17) is 5.73 Å². The quantitative estimate of drug-likeness (QED) is 0.0685. The van der Waals surface area contributed by atoms with Crippen LogP contribution < -0.4 is 27.0 Å². The van der Waals surface area contributed by atoms with Crippen molar-refractivity contribution in [3.8, 4) is 0 Å². The monoisotopic (exact) mass is 763 g/mol. The zero-order valence-electron chi connectivity index (χ0n) is 30.9. The Balaban J connectivity index is 0.840. The largest absolute Gasteiger partial charge is 0.399 e. The van der Waals surface area contributed by atoms with Crippen molar-refractivity contribution in [3.63, 3.8) is 0 Å². The van der Waals surface area contributed by atoms with Crippen molar-refractivity contribution in [3.05, 3.63) is 89.5 Å². The summed E-state index contributed by atoms with van der Waals surface area (Å²) in [6, 6.07) is 21.7. The van der Waals surface area contributed by atoms with E-state index in [0.717, 1.165) is 54.5 Å². The molecule has 288 valence electrons. The van der Waals surface area contributed by atoms with Gasteiger partial charge in [0.15, 0.2) is 0 Å². The van der Waals surface area contributed by atoms with Gasteiger partial charge in [-0.05, 0) is 91.6 Å². The molecule has 13 heteroatoms. The van der Waals surface area contributed by atoms with Gasteiger partial charge in [0, 0.05) is 47.6 Å². The van der Waals surface area contributed by atoms with Gasteiger partial charge in [0.05, 0.1) is 18.5 Å². The summed E-state index contributed by atoms with van der Waals surface area (Å²) in [6.07, 6.45) is 10.1. The Morgan fingerprint density at radius 2 is 1.38 bits per heavy atom. The van der Waals surface area contributed by atoms with Gasteiger partial charge in [-0.25, -0.2) is 4.79 Å². The molecule has 55 heavy (non-hydrogen) atoms. The summed E-state index contributed by atoms with van der Waals surface area (Å²) in [5, 5.41) is 12.3. The van der Waals surface area contributed by atoms with E-state index in [0.29, 0.717) is 54.7 Å². The zero-order valence-corrected chi connectivity index (χ0v) is 31.7. The molecule has 0 bridgehead atoms. The van der Waals surface area contributed by atoms with E-state index >= 15 is 0 Å². The third kappa shape index (κ3) is 9.51. The Kier molecular flexibility index (Phi) is 12.1. The van der Waals surface area contributed by atoms with Crippen LogP contribution in [-0.2, 0) is 25.6 Å². The zero-order chi connectivity index (χ0) is 38.3. The van der Waals surface area contributed by atoms with E-state index in [-0.39, 0.29) is 48.2 Å². The number of nitrogens with one attached hydrogen (secondary N) is 4. The van der Waals surface area contributed by atoms with Crippen LogP contribution in [0, 0.1) is 0 Å². The first-order valence-corrected chi connectivity index (χ1v) is 20.4. The molecule has 6 amide bonds. The number of anilines is 3. The Hall–Kier alpha value is -5.30. The van der Waals surface area contributed by atoms with Gasteiger partial charge >= 0.3 is 6.03 Å². The molecule has 4 aliphatic heterocycles. The van der Waals surface area contributed by atoms with Crippen molar-refractivity contribution < 1.29 is 24.0 Å². The van der Waals surface area contributed by atoms with Crippen molar-refractivity contribution in [2.75, 3.05) is 35.2 Å². The summed E-state index contributed by atoms with van der Waals surface area (Å²) in [5.74, 6) is 0.519. The lowest BCUT2D eigenvalue weighted by atomic mass is 10.0. The number of thioether (sulfide) groups is 1. The van der Waals surface area contributed by atoms with Gasteiger partial charge in [0.2, 0.25) is 23.6 Å². The van der Waals surface area contributed by atoms with Crippen molar-refractivity contribution in [2.45, 2.75) is 87.2 Å². The van der Waals surface area contributed by atoms with Gasteiger partial charge in [0.25, 0.3) is 0 Å². The second-order valence-electron chi connectivity index (χ2n) is 14.8. The molecule has 4 fully saturated rings. The number of nitrogens with zero attached hydrogens (tertiary/aromatic N) is 2. The molecule has 12 nitrogen and oxygen atoms in total. The predicted octanol–water partition coefficient (Wildman–Crippen LogP) is 5.27. The number of nitrogen functional groups attached to an aromatic ring is 1. The van der Waals surface area contributed by atoms with Crippen molar-refractivity contribution in [2.24, 2.45) is 0 Å². The van der Waals surface area contributed by atoms with Gasteiger partial charge in [0.1, 0.15) is 12.1 Å². The number of hydrogen-bond acceptors (Lipinski definition) is 7. The smallest absolute Gasteiger partial charge is 0.315 e. The summed E-state index contributed by atoms with van der Waals surface area (Å²) in [4.78, 5) is 67.6. The number of amides is 6. The van der Waals surface area contributed by atoms with Crippen molar-refractivity contribution >= 4 is 70.6 Å². The highest BCUT2D eigenvalue weighted by Gasteiger charge is 2.42. The first kappa shape index (κ1) is 38.0. The molecule has 0 aliphatic carbocycles. The first-order valence-electron chi connectivity index (χ1n) is 19.3. The fourth-order valence-electron chi connectivity index (χ4n) is 8.06. The standard InChI is InChI=1S/C42H49N7O5S/c43-30-7-3-6-29(24-30)25-38(51)49-23-5-9-35(49)41(53)45-32-20-16-28(17-21-32)13-12-27-14-18-31(19-15-27)44-40(52)34-8-4-22-48(34)37(50)11-2-1-10-36-39-33(26-55-36)46-42(54)47-39/h3,6-7,12-21,24,33-36,39H,1-2,4-5,8-11,22-23,25-26,43H2,(H,44,52)(H,45,53)(H2,46,47,54)/b13-12+/t33-,34-,35-,36-,39-/m0/s1. The molecule has 4 saturated heterocycles. The third-order valence-corrected chi connectivity index (χ3v) is 12.5. The number of carbonyl (C=O) groups excluding carboxylic acids is 5. The molecule has 6 N–H and O–H groups in total. The molecule has 3 aromatic rings. The second kappa shape index (κ2) is 17.4. The maximum atomic E-state index is 13.2. The highest BCUT2D eigenvalue weighted by molar-refractivity contribution is 8.00. The van der Waals surface area contributed by atoms with Crippen LogP contribution >= 0.6 is 11.8 Å². The van der Waals surface area contributed by atoms with Gasteiger partial charge in [-0.3, -0.25) is 19.2 Å². The van der Waals surface area contributed by atoms with Gasteiger partial charge in [-0.15, -0.1) is 0 Å². The van der Waals surface area contributed by atoms with Crippen LogP contribution in [0.3, 0.4) is 0 Å². The average Bonchev–Trinajstić information content (AvgIpc) is 3.99. The molecular weight excluding hydrogens is 715 g/mol. The Labute approximate surface area is 326 Å². The third-order valence-electron chi connectivity index (χ3n) is 11.0. The van der Waals surface area contributed by atoms with Gasteiger partial charge in [-0.2, -0.15) is 11.8 Å². The normalized spacial score (nSPS) is 23.1. The van der Waals surface area contributed by atoms with Crippen LogP contribution in [0.25, 0.3) is 12.2 Å². The number of benzene rings is 3. The number of carbonyl (C=O) groups is 5. The molecule has 5 atom stereocenters. The molecule has 0 unspecified atom stereocenters. The summed E-state index contributed by atoms with van der Waals surface area (Å²) in [5.41, 5.74) is 10.6. The molecular formula is C42H49N7O5S. The highest BCUT2D eigenvalue weighted by Crippen LogP contribution is 2.33. The summed E-state index contributed by atoms with van der Waals surface area (Å²) < 4.78 is 0. The number of fused-ring (bicyclic) bond motifs is 1. The Bertz CT molecular complexity index is 1920. The minimum atomic E-state index is -0.506. The number of hydrogen-bond donors (Lipinski definition) is 5. The minimum absolute atomic E-state index is 0.0272. The fraction of sp³-hybridized carbons (Fsp3) is 0.405. The van der Waals surface area contributed by atoms with Gasteiger partial charge < -0.3 is 36.8 Å². The fourth-order valence-corrected chi connectivity index (χ4v) is 9.61. The predicted molar refractivity (Wildman–Crippen MR) is 217 cm³/mol. The van der Waals surface area contributed by atoms with E-state index in [1.165, 1.54) is 0 Å². The average molecular weight is 764 g/mol. The highest BCUT2D eigenvalue weighted by atomic mass is 32.2. The van der Waals surface area contributed by atoms with Crippen molar-refractivity contribution in [1.82, 2.24) is 20.4 Å². The van der Waals surface area contributed by atoms with Crippen LogP contribution in [0.15, 0.2) is 72.8 Å². The lowest BCUT2D eigenvalue weighted by Gasteiger charge is -2.24. The number of likely N-dealkylation sites (tertiary alicyclic amines) is 2. The van der Waals surface area contributed by atoms with Crippen LogP contribution in [-0.4, -0.2) is 87.7 Å². The van der Waals surface area contributed by atoms with E-state index in [2.05, 4.69) is 21.3 Å². The minimum Gasteiger partial charge on any atom is -0.399 e. The molecule has 0 aromatic heterocycles. The molecule has 0 saturated carbocycles. The van der Waals surface area contributed by atoms with E-state index in [9.17, 15) is 24.0 Å². The Morgan fingerprint density at radius 3 is 1.98 bits per heavy atom. The maximum absolute atomic E-state index is 13.2. The molecule has 7 rings (SSSR count). The molecule has 0 spiro atoms. The SMILES string of the molecule is Nc1cccc(CC(=O)N2CCC[C@H]2C(=O)Nc2ccc(/C=C/c3ccc(NC(=O)[C@@H]4CCCN4C(=O)CCCC[C@@H]4SC[C@@H]5NC(=O)N[C@@H]54)cc3)cc2)c1.